The van der Waals surface area contributed by atoms with Gasteiger partial charge in [-0.15, -0.1) is 0 Å². The van der Waals surface area contributed by atoms with E-state index in [-0.39, 0.29) is 19.5 Å². The fraction of sp³-hybridized carbons (Fsp3) is 0.273. The van der Waals surface area contributed by atoms with Crippen LogP contribution >= 0.6 is 0 Å². The number of aromatic nitrogens is 2. The standard InChI is InChI=1S/2C4H5N.C3H9N.Ru/c2*1-2-4-5-3-1;1-4(2)3;/h2*1-5H;1-3H3;. The van der Waals surface area contributed by atoms with Crippen molar-refractivity contribution in [2.75, 3.05) is 21.1 Å². The number of rotatable bonds is 0. The Hall–Kier alpha value is -0.857. The molecule has 0 saturated carbocycles. The van der Waals surface area contributed by atoms with E-state index in [1.165, 1.54) is 0 Å². The van der Waals surface area contributed by atoms with E-state index in [9.17, 15) is 0 Å². The molecule has 0 atom stereocenters. The fourth-order valence-electron chi connectivity index (χ4n) is 0.556. The first-order valence-electron chi connectivity index (χ1n) is 4.50. The molecule has 2 aromatic heterocycles. The van der Waals surface area contributed by atoms with Gasteiger partial charge in [-0.1, -0.05) is 0 Å². The molecule has 0 saturated heterocycles. The second-order valence-electron chi connectivity index (χ2n) is 3.11. The summed E-state index contributed by atoms with van der Waals surface area (Å²) >= 11 is 0. The molecule has 0 aliphatic heterocycles. The van der Waals surface area contributed by atoms with Crippen LogP contribution in [0.2, 0.25) is 0 Å². The molecular formula is C11H19N3Ru. The third-order valence-electron chi connectivity index (χ3n) is 0.992. The molecule has 2 N–H and O–H groups in total. The minimum absolute atomic E-state index is 0. The van der Waals surface area contributed by atoms with Crippen molar-refractivity contribution in [2.45, 2.75) is 0 Å². The number of hydrogen-bond donors (Lipinski definition) is 2. The maximum absolute atomic E-state index is 2.86. The van der Waals surface area contributed by atoms with Crippen LogP contribution in [0.3, 0.4) is 0 Å². The zero-order valence-electron chi connectivity index (χ0n) is 9.42. The maximum atomic E-state index is 2.86. The van der Waals surface area contributed by atoms with Gasteiger partial charge in [0.15, 0.2) is 0 Å². The molecule has 0 aromatic carbocycles. The quantitative estimate of drug-likeness (QED) is 0.718. The third-order valence-corrected chi connectivity index (χ3v) is 0.992. The van der Waals surface area contributed by atoms with Crippen molar-refractivity contribution in [3.8, 4) is 0 Å². The molecule has 2 heterocycles. The average molecular weight is 294 g/mol. The molecule has 2 rings (SSSR count). The Morgan fingerprint density at radius 1 is 0.667 bits per heavy atom. The van der Waals surface area contributed by atoms with Crippen molar-refractivity contribution < 1.29 is 19.5 Å². The van der Waals surface area contributed by atoms with E-state index in [1.54, 1.807) is 0 Å². The molecular weight excluding hydrogens is 275 g/mol. The van der Waals surface area contributed by atoms with Crippen molar-refractivity contribution in [2.24, 2.45) is 0 Å². The Bertz CT molecular complexity index is 188. The smallest absolute Gasteiger partial charge is 0.000496 e. The predicted molar refractivity (Wildman–Crippen MR) is 61.2 cm³/mol. The van der Waals surface area contributed by atoms with Gasteiger partial charge in [-0.3, -0.25) is 0 Å². The predicted octanol–water partition coefficient (Wildman–Crippen LogP) is 2.20. The van der Waals surface area contributed by atoms with Crippen LogP contribution in [-0.4, -0.2) is 36.0 Å². The van der Waals surface area contributed by atoms with Gasteiger partial charge >= 0.3 is 0 Å². The summed E-state index contributed by atoms with van der Waals surface area (Å²) in [5.74, 6) is 0. The summed E-state index contributed by atoms with van der Waals surface area (Å²) in [7, 11) is 6.00. The third kappa shape index (κ3) is 19.5. The first-order valence-corrected chi connectivity index (χ1v) is 4.50. The van der Waals surface area contributed by atoms with Gasteiger partial charge < -0.3 is 14.9 Å². The number of hydrogen-bond acceptors (Lipinski definition) is 1. The van der Waals surface area contributed by atoms with E-state index in [0.29, 0.717) is 0 Å². The molecule has 86 valence electrons. The zero-order valence-corrected chi connectivity index (χ0v) is 11.2. The summed E-state index contributed by atoms with van der Waals surface area (Å²) in [4.78, 5) is 7.72. The molecule has 0 spiro atoms. The summed E-state index contributed by atoms with van der Waals surface area (Å²) in [5.41, 5.74) is 0. The van der Waals surface area contributed by atoms with E-state index in [4.69, 9.17) is 0 Å². The van der Waals surface area contributed by atoms with Crippen LogP contribution in [0.4, 0.5) is 0 Å². The number of H-pyrrole nitrogens is 2. The van der Waals surface area contributed by atoms with E-state index in [0.717, 1.165) is 0 Å². The van der Waals surface area contributed by atoms with Gasteiger partial charge in [0.25, 0.3) is 0 Å². The molecule has 2 aromatic rings. The molecule has 4 heteroatoms. The van der Waals surface area contributed by atoms with Gasteiger partial charge in [0, 0.05) is 44.3 Å². The largest absolute Gasteiger partial charge is 0.368 e. The fourth-order valence-corrected chi connectivity index (χ4v) is 0.556. The van der Waals surface area contributed by atoms with Crippen LogP contribution in [0, 0.1) is 0 Å². The van der Waals surface area contributed by atoms with Crippen LogP contribution in [0.15, 0.2) is 49.1 Å². The summed E-state index contributed by atoms with van der Waals surface area (Å²) < 4.78 is 0. The molecule has 0 bridgehead atoms. The molecule has 0 amide bonds. The Morgan fingerprint density at radius 3 is 0.933 bits per heavy atom. The Morgan fingerprint density at radius 2 is 0.867 bits per heavy atom. The van der Waals surface area contributed by atoms with Gasteiger partial charge in [-0.25, -0.2) is 0 Å². The minimum atomic E-state index is 0. The first kappa shape index (κ1) is 16.6. The normalized spacial score (nSPS) is 7.73. The topological polar surface area (TPSA) is 34.8 Å². The van der Waals surface area contributed by atoms with Crippen molar-refractivity contribution in [3.63, 3.8) is 0 Å². The summed E-state index contributed by atoms with van der Waals surface area (Å²) in [6.45, 7) is 0. The zero-order chi connectivity index (χ0) is 10.6. The second-order valence-corrected chi connectivity index (χ2v) is 3.11. The van der Waals surface area contributed by atoms with Crippen molar-refractivity contribution in [3.05, 3.63) is 49.1 Å². The van der Waals surface area contributed by atoms with E-state index >= 15 is 0 Å². The molecule has 0 radical (unpaired) electrons. The van der Waals surface area contributed by atoms with E-state index in [1.807, 2.05) is 75.1 Å². The van der Waals surface area contributed by atoms with Crippen molar-refractivity contribution in [1.29, 1.82) is 0 Å². The summed E-state index contributed by atoms with van der Waals surface area (Å²) in [6.07, 6.45) is 7.50. The summed E-state index contributed by atoms with van der Waals surface area (Å²) in [6, 6.07) is 7.78. The number of nitrogens with one attached hydrogen (secondary N) is 2. The minimum Gasteiger partial charge on any atom is -0.368 e. The van der Waals surface area contributed by atoms with Gasteiger partial charge in [-0.2, -0.15) is 0 Å². The Balaban J connectivity index is 0. The van der Waals surface area contributed by atoms with Crippen LogP contribution < -0.4 is 0 Å². The van der Waals surface area contributed by atoms with Gasteiger partial charge in [0.1, 0.15) is 0 Å². The second kappa shape index (κ2) is 13.1. The van der Waals surface area contributed by atoms with Crippen molar-refractivity contribution in [1.82, 2.24) is 14.9 Å². The number of nitrogens with zero attached hydrogens (tertiary/aromatic N) is 1. The molecule has 3 nitrogen and oxygen atoms in total. The van der Waals surface area contributed by atoms with Crippen LogP contribution in [-0.2, 0) is 19.5 Å². The maximum Gasteiger partial charge on any atom is 0.000496 e. The molecule has 15 heavy (non-hydrogen) atoms. The van der Waals surface area contributed by atoms with Gasteiger partial charge in [-0.05, 0) is 45.4 Å². The molecule has 0 aliphatic rings. The van der Waals surface area contributed by atoms with Crippen LogP contribution in [0.1, 0.15) is 0 Å². The summed E-state index contributed by atoms with van der Waals surface area (Å²) in [5, 5.41) is 0. The SMILES string of the molecule is CN(C)C.[Ru].c1cc[nH]c1.c1cc[nH]c1. The Kier molecular flexibility index (Phi) is 14.5. The average Bonchev–Trinajstić information content (AvgIpc) is 2.83. The first-order chi connectivity index (χ1) is 6.73. The molecule has 0 unspecified atom stereocenters. The monoisotopic (exact) mass is 295 g/mol. The molecule has 0 aliphatic carbocycles. The van der Waals surface area contributed by atoms with Gasteiger partial charge in [0.2, 0.25) is 0 Å². The van der Waals surface area contributed by atoms with E-state index in [2.05, 4.69) is 9.97 Å². The van der Waals surface area contributed by atoms with Crippen LogP contribution in [0.5, 0.6) is 0 Å². The number of aromatic amines is 2. The van der Waals surface area contributed by atoms with E-state index < -0.39 is 0 Å². The Labute approximate surface area is 105 Å². The van der Waals surface area contributed by atoms with Crippen molar-refractivity contribution >= 4 is 0 Å². The van der Waals surface area contributed by atoms with Crippen LogP contribution in [0.25, 0.3) is 0 Å². The molecule has 0 fully saturated rings. The van der Waals surface area contributed by atoms with Gasteiger partial charge in [0.05, 0.1) is 0 Å².